The Labute approximate surface area is 296 Å². The molecule has 50 heavy (non-hydrogen) atoms. The maximum Gasteiger partial charge on any atom is 0.149 e. The molecule has 7 aromatic rings. The molecule has 4 heteroatoms. The molecule has 0 atom stereocenters. The highest BCUT2D eigenvalue weighted by Crippen LogP contribution is 2.41. The molecule has 1 N–H and O–H groups in total. The summed E-state index contributed by atoms with van der Waals surface area (Å²) in [6.45, 7) is 19.8. The minimum Gasteiger partial charge on any atom is -0.507 e. The highest BCUT2D eigenvalue weighted by atomic mass is 16.3. The molecule has 0 saturated heterocycles. The molecule has 252 valence electrons. The lowest BCUT2D eigenvalue weighted by atomic mass is 9.84. The zero-order chi connectivity index (χ0) is 35.5. The van der Waals surface area contributed by atoms with Gasteiger partial charge in [-0.05, 0) is 106 Å². The zero-order valence-corrected chi connectivity index (χ0v) is 30.8. The van der Waals surface area contributed by atoms with Gasteiger partial charge < -0.3 is 5.11 Å². The molecule has 0 aliphatic heterocycles. The Morgan fingerprint density at radius 1 is 0.640 bits per heavy atom. The Morgan fingerprint density at radius 3 is 2.00 bits per heavy atom. The molecule has 0 bridgehead atoms. The van der Waals surface area contributed by atoms with Gasteiger partial charge in [-0.15, -0.1) is 0 Å². The predicted octanol–water partition coefficient (Wildman–Crippen LogP) is 12.3. The van der Waals surface area contributed by atoms with Crippen molar-refractivity contribution in [2.24, 2.45) is 0 Å². The van der Waals surface area contributed by atoms with Crippen LogP contribution in [-0.4, -0.2) is 19.6 Å². The molecule has 0 aliphatic rings. The van der Waals surface area contributed by atoms with E-state index in [-0.39, 0.29) is 16.6 Å². The summed E-state index contributed by atoms with van der Waals surface area (Å²) in [6.07, 6.45) is 1.88. The number of fused-ring (bicyclic) bond motifs is 2. The number of hydrogen-bond donors (Lipinski definition) is 1. The van der Waals surface area contributed by atoms with Gasteiger partial charge in [0, 0.05) is 28.4 Å². The number of nitrogens with zero attached hydrogens (tertiary/aromatic N) is 3. The highest BCUT2D eigenvalue weighted by molar-refractivity contribution is 5.99. The summed E-state index contributed by atoms with van der Waals surface area (Å²) in [6, 6.07) is 36.8. The van der Waals surface area contributed by atoms with Crippen molar-refractivity contribution >= 4 is 21.9 Å². The molecule has 4 nitrogen and oxygen atoms in total. The molecule has 0 spiro atoms. The van der Waals surface area contributed by atoms with Gasteiger partial charge in [0.25, 0.3) is 0 Å². The summed E-state index contributed by atoms with van der Waals surface area (Å²) < 4.78 is 2.21. The third-order valence-corrected chi connectivity index (χ3v) is 9.96. The topological polar surface area (TPSA) is 50.9 Å². The number of hydrogen-bond acceptors (Lipinski definition) is 3. The standard InChI is InChI=1S/C46H47N3O/c1-28(2)33-23-29(3)43(50)39(26-33)44-48-42-37(16-11-17-40(42)49(44)36-20-18-34(19-21-36)45(4,5)6)30-13-10-14-31(24-30)38-27-35(46(7,8)9)25-32-15-12-22-47-41(32)38/h10-28,50H,1-9H3. The normalized spacial score (nSPS) is 12.4. The third kappa shape index (κ3) is 5.98. The maximum atomic E-state index is 11.6. The number of para-hydroxylation sites is 1. The molecule has 7 rings (SSSR count). The van der Waals surface area contributed by atoms with Crippen LogP contribution in [0, 0.1) is 6.92 Å². The van der Waals surface area contributed by atoms with Gasteiger partial charge in [-0.25, -0.2) is 4.98 Å². The number of phenols is 1. The van der Waals surface area contributed by atoms with Crippen LogP contribution in [0.15, 0.2) is 109 Å². The highest BCUT2D eigenvalue weighted by Gasteiger charge is 2.23. The van der Waals surface area contributed by atoms with Crippen molar-refractivity contribution in [3.05, 3.63) is 132 Å². The zero-order valence-electron chi connectivity index (χ0n) is 30.8. The molecular formula is C46H47N3O. The first-order valence-electron chi connectivity index (χ1n) is 17.7. The summed E-state index contributed by atoms with van der Waals surface area (Å²) in [5.74, 6) is 1.29. The Kier molecular flexibility index (Phi) is 8.17. The quantitative estimate of drug-likeness (QED) is 0.200. The molecular weight excluding hydrogens is 611 g/mol. The van der Waals surface area contributed by atoms with Gasteiger partial charge in [0.05, 0.1) is 22.1 Å². The van der Waals surface area contributed by atoms with E-state index in [9.17, 15) is 5.11 Å². The number of rotatable bonds is 5. The summed E-state index contributed by atoms with van der Waals surface area (Å²) in [4.78, 5) is 10.2. The van der Waals surface area contributed by atoms with Crippen LogP contribution in [0.5, 0.6) is 5.75 Å². The van der Waals surface area contributed by atoms with Crippen molar-refractivity contribution < 1.29 is 5.11 Å². The maximum absolute atomic E-state index is 11.6. The second-order valence-corrected chi connectivity index (χ2v) is 16.1. The fourth-order valence-corrected chi connectivity index (χ4v) is 6.90. The van der Waals surface area contributed by atoms with Crippen LogP contribution >= 0.6 is 0 Å². The van der Waals surface area contributed by atoms with Gasteiger partial charge in [-0.1, -0.05) is 110 Å². The van der Waals surface area contributed by atoms with Crippen LogP contribution in [0.4, 0.5) is 0 Å². The number of aryl methyl sites for hydroxylation is 1. The Bertz CT molecular complexity index is 2380. The van der Waals surface area contributed by atoms with E-state index >= 15 is 0 Å². The average Bonchev–Trinajstić information content (AvgIpc) is 3.47. The van der Waals surface area contributed by atoms with E-state index in [0.29, 0.717) is 5.92 Å². The lowest BCUT2D eigenvalue weighted by molar-refractivity contribution is 0.472. The van der Waals surface area contributed by atoms with Gasteiger partial charge in [0.15, 0.2) is 0 Å². The minimum absolute atomic E-state index is 0.00686. The average molecular weight is 658 g/mol. The van der Waals surface area contributed by atoms with Crippen LogP contribution in [0.25, 0.3) is 61.3 Å². The van der Waals surface area contributed by atoms with Gasteiger partial charge in [0.2, 0.25) is 0 Å². The number of aromatic nitrogens is 3. The Hall–Kier alpha value is -5.22. The van der Waals surface area contributed by atoms with Crippen molar-refractivity contribution in [1.82, 2.24) is 14.5 Å². The SMILES string of the molecule is Cc1cc(C(C)C)cc(-c2nc3c(-c4cccc(-c5cc(C(C)(C)C)cc6cccnc56)c4)cccc3n2-c2ccc(C(C)(C)C)cc2)c1O. The van der Waals surface area contributed by atoms with Gasteiger partial charge >= 0.3 is 0 Å². The van der Waals surface area contributed by atoms with Crippen molar-refractivity contribution in [2.45, 2.75) is 79.1 Å². The van der Waals surface area contributed by atoms with Gasteiger partial charge in [0.1, 0.15) is 11.6 Å². The van der Waals surface area contributed by atoms with E-state index < -0.39 is 0 Å². The molecule has 0 unspecified atom stereocenters. The van der Waals surface area contributed by atoms with E-state index in [1.807, 2.05) is 19.2 Å². The van der Waals surface area contributed by atoms with E-state index in [2.05, 4.69) is 157 Å². The number of pyridine rings is 1. The van der Waals surface area contributed by atoms with Crippen molar-refractivity contribution in [2.75, 3.05) is 0 Å². The van der Waals surface area contributed by atoms with E-state index in [0.717, 1.165) is 66.8 Å². The van der Waals surface area contributed by atoms with Gasteiger partial charge in [-0.2, -0.15) is 0 Å². The van der Waals surface area contributed by atoms with Crippen LogP contribution in [-0.2, 0) is 10.8 Å². The fraction of sp³-hybridized carbons (Fsp3) is 0.261. The summed E-state index contributed by atoms with van der Waals surface area (Å²) in [7, 11) is 0. The fourth-order valence-electron chi connectivity index (χ4n) is 6.90. The first-order chi connectivity index (χ1) is 23.7. The second kappa shape index (κ2) is 12.3. The summed E-state index contributed by atoms with van der Waals surface area (Å²) in [5, 5.41) is 12.7. The summed E-state index contributed by atoms with van der Waals surface area (Å²) in [5.41, 5.74) is 13.6. The Balaban J connectivity index is 1.47. The molecule has 2 aromatic heterocycles. The first kappa shape index (κ1) is 33.3. The molecule has 0 aliphatic carbocycles. The molecule has 0 fully saturated rings. The van der Waals surface area contributed by atoms with E-state index in [1.54, 1.807) is 0 Å². The lowest BCUT2D eigenvalue weighted by Crippen LogP contribution is -2.11. The number of benzene rings is 5. The Morgan fingerprint density at radius 2 is 1.32 bits per heavy atom. The van der Waals surface area contributed by atoms with Crippen molar-refractivity contribution in [3.8, 4) is 45.1 Å². The largest absolute Gasteiger partial charge is 0.507 e. The molecule has 0 amide bonds. The molecule has 0 radical (unpaired) electrons. The van der Waals surface area contributed by atoms with Crippen molar-refractivity contribution in [1.29, 1.82) is 0 Å². The van der Waals surface area contributed by atoms with E-state index in [4.69, 9.17) is 9.97 Å². The minimum atomic E-state index is -0.00686. The predicted molar refractivity (Wildman–Crippen MR) is 211 cm³/mol. The third-order valence-electron chi connectivity index (χ3n) is 9.96. The number of aromatic hydroxyl groups is 1. The van der Waals surface area contributed by atoms with E-state index in [1.165, 1.54) is 16.7 Å². The monoisotopic (exact) mass is 657 g/mol. The molecule has 5 aromatic carbocycles. The number of phenolic OH excluding ortho intramolecular Hbond substituents is 1. The lowest BCUT2D eigenvalue weighted by Gasteiger charge is -2.21. The summed E-state index contributed by atoms with van der Waals surface area (Å²) >= 11 is 0. The van der Waals surface area contributed by atoms with Crippen LogP contribution in [0.1, 0.15) is 83.6 Å². The smallest absolute Gasteiger partial charge is 0.149 e. The molecule has 0 saturated carbocycles. The first-order valence-corrected chi connectivity index (χ1v) is 17.7. The van der Waals surface area contributed by atoms with Crippen LogP contribution in [0.2, 0.25) is 0 Å². The number of imidazole rings is 1. The van der Waals surface area contributed by atoms with Gasteiger partial charge in [-0.3, -0.25) is 9.55 Å². The second-order valence-electron chi connectivity index (χ2n) is 16.1. The molecule has 2 heterocycles. The van der Waals surface area contributed by atoms with Crippen LogP contribution < -0.4 is 0 Å². The van der Waals surface area contributed by atoms with Crippen LogP contribution in [0.3, 0.4) is 0 Å². The van der Waals surface area contributed by atoms with Crippen molar-refractivity contribution in [3.63, 3.8) is 0 Å².